The van der Waals surface area contributed by atoms with Gasteiger partial charge in [-0.2, -0.15) is 4.98 Å². The van der Waals surface area contributed by atoms with Gasteiger partial charge in [0, 0.05) is 44.4 Å². The van der Waals surface area contributed by atoms with Crippen LogP contribution in [0.2, 0.25) is 0 Å². The fourth-order valence-electron chi connectivity index (χ4n) is 2.36. The second kappa shape index (κ2) is 7.89. The minimum absolute atomic E-state index is 0.126. The predicted octanol–water partition coefficient (Wildman–Crippen LogP) is 2.04. The summed E-state index contributed by atoms with van der Waals surface area (Å²) in [6, 6.07) is 0. The third kappa shape index (κ3) is 5.07. The molecule has 1 saturated heterocycles. The number of rotatable bonds is 7. The molecule has 0 spiro atoms. The van der Waals surface area contributed by atoms with Crippen LogP contribution >= 0.6 is 11.6 Å². The van der Waals surface area contributed by atoms with Gasteiger partial charge in [0.25, 0.3) is 0 Å². The highest BCUT2D eigenvalue weighted by Gasteiger charge is 2.20. The van der Waals surface area contributed by atoms with Crippen molar-refractivity contribution in [1.29, 1.82) is 0 Å². The highest BCUT2D eigenvalue weighted by molar-refractivity contribution is 6.29. The largest absolute Gasteiger partial charge is 0.371 e. The summed E-state index contributed by atoms with van der Waals surface area (Å²) in [5, 5.41) is 4.67. The normalized spacial score (nSPS) is 18.8. The summed E-state index contributed by atoms with van der Waals surface area (Å²) in [6.07, 6.45) is -0.126. The van der Waals surface area contributed by atoms with Crippen LogP contribution in [0.15, 0.2) is 16.1 Å². The highest BCUT2D eigenvalue weighted by Crippen LogP contribution is 2.14. The van der Waals surface area contributed by atoms with E-state index in [9.17, 15) is 0 Å². The quantitative estimate of drug-likeness (QED) is 0.767. The van der Waals surface area contributed by atoms with Gasteiger partial charge in [0.1, 0.15) is 6.10 Å². The molecule has 21 heavy (non-hydrogen) atoms. The zero-order chi connectivity index (χ0) is 15.2. The number of nitrogens with zero attached hydrogens (tertiary/aromatic N) is 4. The van der Waals surface area contributed by atoms with Crippen LogP contribution in [0.3, 0.4) is 0 Å². The van der Waals surface area contributed by atoms with Gasteiger partial charge >= 0.3 is 0 Å². The number of piperazine rings is 1. The third-order valence-electron chi connectivity index (χ3n) is 3.48. The average Bonchev–Trinajstić information content (AvgIpc) is 2.89. The van der Waals surface area contributed by atoms with E-state index in [4.69, 9.17) is 20.9 Å². The van der Waals surface area contributed by atoms with Crippen LogP contribution < -0.4 is 0 Å². The summed E-state index contributed by atoms with van der Waals surface area (Å²) in [7, 11) is 0. The first kappa shape index (κ1) is 16.4. The topological polar surface area (TPSA) is 54.6 Å². The van der Waals surface area contributed by atoms with E-state index in [1.54, 1.807) is 0 Å². The Labute approximate surface area is 130 Å². The van der Waals surface area contributed by atoms with Gasteiger partial charge < -0.3 is 9.26 Å². The van der Waals surface area contributed by atoms with E-state index in [1.807, 2.05) is 13.8 Å². The van der Waals surface area contributed by atoms with Crippen molar-refractivity contribution in [3.63, 3.8) is 0 Å². The van der Waals surface area contributed by atoms with E-state index in [-0.39, 0.29) is 6.10 Å². The Kier molecular flexibility index (Phi) is 6.17. The maximum absolute atomic E-state index is 5.84. The molecule has 7 heteroatoms. The monoisotopic (exact) mass is 314 g/mol. The second-order valence-electron chi connectivity index (χ2n) is 5.21. The summed E-state index contributed by atoms with van der Waals surface area (Å²) in [6.45, 7) is 13.6. The Morgan fingerprint density at radius 2 is 2.05 bits per heavy atom. The average molecular weight is 315 g/mol. The van der Waals surface area contributed by atoms with Crippen molar-refractivity contribution in [1.82, 2.24) is 19.9 Å². The molecule has 0 aliphatic carbocycles. The lowest BCUT2D eigenvalue weighted by Crippen LogP contribution is -2.46. The summed E-state index contributed by atoms with van der Waals surface area (Å²) in [4.78, 5) is 8.99. The Balaban J connectivity index is 1.79. The zero-order valence-electron chi connectivity index (χ0n) is 12.7. The lowest BCUT2D eigenvalue weighted by Gasteiger charge is -2.33. The van der Waals surface area contributed by atoms with Crippen molar-refractivity contribution >= 4 is 11.6 Å². The molecule has 0 radical (unpaired) electrons. The number of hydrogen-bond donors (Lipinski definition) is 0. The molecule has 1 aromatic heterocycles. The molecule has 1 aliphatic heterocycles. The Hall–Kier alpha value is -0.950. The van der Waals surface area contributed by atoms with Gasteiger partial charge in [-0.15, -0.1) is 0 Å². The Morgan fingerprint density at radius 1 is 1.38 bits per heavy atom. The lowest BCUT2D eigenvalue weighted by molar-refractivity contribution is 0.0683. The molecule has 1 atom stereocenters. The van der Waals surface area contributed by atoms with Crippen LogP contribution in [-0.2, 0) is 11.3 Å². The van der Waals surface area contributed by atoms with Crippen molar-refractivity contribution in [2.75, 3.05) is 39.3 Å². The minimum Gasteiger partial charge on any atom is -0.371 e. The van der Waals surface area contributed by atoms with Crippen molar-refractivity contribution in [3.8, 4) is 0 Å². The maximum Gasteiger partial charge on any atom is 0.240 e. The molecular weight excluding hydrogens is 292 g/mol. The number of ether oxygens (including phenoxy) is 1. The first-order chi connectivity index (χ1) is 10.1. The first-order valence-corrected chi connectivity index (χ1v) is 7.68. The van der Waals surface area contributed by atoms with E-state index < -0.39 is 0 Å². The first-order valence-electron chi connectivity index (χ1n) is 7.30. The van der Waals surface area contributed by atoms with Crippen LogP contribution in [0.5, 0.6) is 0 Å². The summed E-state index contributed by atoms with van der Waals surface area (Å²) >= 11 is 5.84. The van der Waals surface area contributed by atoms with Crippen LogP contribution in [0.1, 0.15) is 31.7 Å². The molecule has 2 heterocycles. The van der Waals surface area contributed by atoms with E-state index in [0.29, 0.717) is 29.9 Å². The molecule has 0 amide bonds. The van der Waals surface area contributed by atoms with Crippen LogP contribution in [0.4, 0.5) is 0 Å². The molecule has 6 nitrogen and oxygen atoms in total. The highest BCUT2D eigenvalue weighted by atomic mass is 35.5. The molecule has 1 aromatic rings. The molecule has 0 unspecified atom stereocenters. The number of halogens is 1. The molecule has 1 aliphatic rings. The minimum atomic E-state index is -0.126. The Bertz CT molecular complexity index is 458. The van der Waals surface area contributed by atoms with E-state index in [1.165, 1.54) is 0 Å². The van der Waals surface area contributed by atoms with Crippen LogP contribution in [-0.4, -0.2) is 59.3 Å². The van der Waals surface area contributed by atoms with Gasteiger partial charge in [-0.3, -0.25) is 9.80 Å². The van der Waals surface area contributed by atoms with Crippen molar-refractivity contribution in [2.45, 2.75) is 26.5 Å². The molecule has 0 saturated carbocycles. The molecule has 118 valence electrons. The maximum atomic E-state index is 5.84. The van der Waals surface area contributed by atoms with Crippen molar-refractivity contribution in [3.05, 3.63) is 23.3 Å². The third-order valence-corrected chi connectivity index (χ3v) is 3.60. The van der Waals surface area contributed by atoms with Crippen LogP contribution in [0.25, 0.3) is 0 Å². The smallest absolute Gasteiger partial charge is 0.240 e. The molecule has 0 bridgehead atoms. The standard InChI is InChI=1S/C14H23ClN4O2/c1-4-20-12(3)14-16-13(21-17-14)10-19-7-5-18(6-8-19)9-11(2)15/h12H,2,4-10H2,1,3H3/t12-/m1/s1. The lowest BCUT2D eigenvalue weighted by atomic mass is 10.3. The predicted molar refractivity (Wildman–Crippen MR) is 81.0 cm³/mol. The van der Waals surface area contributed by atoms with Gasteiger partial charge in [0.15, 0.2) is 5.82 Å². The van der Waals surface area contributed by atoms with Crippen LogP contribution in [0, 0.1) is 0 Å². The van der Waals surface area contributed by atoms with Crippen molar-refractivity contribution < 1.29 is 9.26 Å². The van der Waals surface area contributed by atoms with E-state index >= 15 is 0 Å². The van der Waals surface area contributed by atoms with E-state index in [0.717, 1.165) is 32.7 Å². The molecular formula is C14H23ClN4O2. The SMILES string of the molecule is C=C(Cl)CN1CCN(Cc2nc([C@@H](C)OCC)no2)CC1. The Morgan fingerprint density at radius 3 is 2.67 bits per heavy atom. The zero-order valence-corrected chi connectivity index (χ0v) is 13.5. The van der Waals surface area contributed by atoms with Gasteiger partial charge in [0.05, 0.1) is 6.54 Å². The molecule has 0 aromatic carbocycles. The second-order valence-corrected chi connectivity index (χ2v) is 5.75. The molecule has 0 N–H and O–H groups in total. The summed E-state index contributed by atoms with van der Waals surface area (Å²) in [5.41, 5.74) is 0. The fraction of sp³-hybridized carbons (Fsp3) is 0.714. The molecule has 2 rings (SSSR count). The van der Waals surface area contributed by atoms with Gasteiger partial charge in [-0.1, -0.05) is 23.3 Å². The summed E-state index contributed by atoms with van der Waals surface area (Å²) in [5.74, 6) is 1.26. The number of hydrogen-bond acceptors (Lipinski definition) is 6. The van der Waals surface area contributed by atoms with Gasteiger partial charge in [-0.25, -0.2) is 0 Å². The van der Waals surface area contributed by atoms with Crippen molar-refractivity contribution in [2.24, 2.45) is 0 Å². The van der Waals surface area contributed by atoms with Gasteiger partial charge in [0.2, 0.25) is 5.89 Å². The van der Waals surface area contributed by atoms with Gasteiger partial charge in [-0.05, 0) is 13.8 Å². The summed E-state index contributed by atoms with van der Waals surface area (Å²) < 4.78 is 10.8. The fourth-order valence-corrected chi connectivity index (χ4v) is 2.53. The molecule has 1 fully saturated rings. The van der Waals surface area contributed by atoms with E-state index in [2.05, 4.69) is 26.5 Å². The number of aromatic nitrogens is 2.